The molecule has 0 aliphatic carbocycles. The van der Waals surface area contributed by atoms with Gasteiger partial charge in [-0.15, -0.1) is 0 Å². The normalized spacial score (nSPS) is 17.0. The van der Waals surface area contributed by atoms with Crippen molar-refractivity contribution < 1.29 is 14.3 Å². The molecule has 30 heavy (non-hydrogen) atoms. The molecular weight excluding hydrogens is 400 g/mol. The number of hydrogen-bond acceptors (Lipinski definition) is 4. The van der Waals surface area contributed by atoms with Crippen molar-refractivity contribution in [3.05, 3.63) is 58.6 Å². The Morgan fingerprint density at radius 2 is 2.03 bits per heavy atom. The molecule has 3 rings (SSSR count). The van der Waals surface area contributed by atoms with E-state index in [1.54, 1.807) is 7.11 Å². The first kappa shape index (κ1) is 22.4. The molecule has 1 atom stereocenters. The molecule has 5 nitrogen and oxygen atoms in total. The number of halogens is 1. The zero-order valence-corrected chi connectivity index (χ0v) is 18.7. The number of benzene rings is 2. The van der Waals surface area contributed by atoms with Crippen LogP contribution in [0.3, 0.4) is 0 Å². The number of ether oxygens (including phenoxy) is 2. The van der Waals surface area contributed by atoms with Gasteiger partial charge in [-0.25, -0.2) is 0 Å². The molecule has 0 spiro atoms. The van der Waals surface area contributed by atoms with E-state index in [2.05, 4.69) is 10.2 Å². The van der Waals surface area contributed by atoms with Gasteiger partial charge in [-0.1, -0.05) is 35.9 Å². The minimum absolute atomic E-state index is 0.00770. The lowest BCUT2D eigenvalue weighted by Crippen LogP contribution is -2.42. The molecule has 0 radical (unpaired) electrons. The Morgan fingerprint density at radius 1 is 1.23 bits per heavy atom. The fraction of sp³-hybridized carbons (Fsp3) is 0.458. The van der Waals surface area contributed by atoms with Crippen molar-refractivity contribution in [2.24, 2.45) is 5.92 Å². The van der Waals surface area contributed by atoms with Crippen LogP contribution >= 0.6 is 11.6 Å². The lowest BCUT2D eigenvalue weighted by molar-refractivity contribution is -0.126. The Balaban J connectivity index is 1.55. The summed E-state index contributed by atoms with van der Waals surface area (Å²) >= 11 is 6.30. The minimum Gasteiger partial charge on any atom is -0.493 e. The van der Waals surface area contributed by atoms with Gasteiger partial charge < -0.3 is 14.8 Å². The van der Waals surface area contributed by atoms with Gasteiger partial charge in [0.1, 0.15) is 0 Å². The molecule has 1 heterocycles. The van der Waals surface area contributed by atoms with Crippen molar-refractivity contribution >= 4 is 17.5 Å². The maximum atomic E-state index is 12.8. The first-order valence-electron chi connectivity index (χ1n) is 10.5. The molecule has 1 unspecified atom stereocenters. The van der Waals surface area contributed by atoms with Gasteiger partial charge in [0.15, 0.2) is 11.5 Å². The van der Waals surface area contributed by atoms with Crippen molar-refractivity contribution in [1.82, 2.24) is 10.2 Å². The maximum Gasteiger partial charge on any atom is 0.224 e. The zero-order chi connectivity index (χ0) is 21.5. The summed E-state index contributed by atoms with van der Waals surface area (Å²) in [5.41, 5.74) is 2.09. The highest BCUT2D eigenvalue weighted by Crippen LogP contribution is 2.29. The second-order valence-corrected chi connectivity index (χ2v) is 8.44. The number of piperidine rings is 1. The first-order valence-corrected chi connectivity index (χ1v) is 10.9. The van der Waals surface area contributed by atoms with E-state index in [4.69, 9.17) is 21.1 Å². The summed E-state index contributed by atoms with van der Waals surface area (Å²) in [5, 5.41) is 3.87. The smallest absolute Gasteiger partial charge is 0.224 e. The Morgan fingerprint density at radius 3 is 2.77 bits per heavy atom. The average molecular weight is 431 g/mol. The molecule has 1 saturated heterocycles. The summed E-state index contributed by atoms with van der Waals surface area (Å²) in [6.45, 7) is 6.95. The molecule has 6 heteroatoms. The molecule has 1 amide bonds. The van der Waals surface area contributed by atoms with Crippen molar-refractivity contribution in [1.29, 1.82) is 0 Å². The fourth-order valence-electron chi connectivity index (χ4n) is 3.79. The number of nitrogens with zero attached hydrogens (tertiary/aromatic N) is 1. The van der Waals surface area contributed by atoms with Crippen LogP contribution in [-0.4, -0.2) is 37.1 Å². The molecule has 2 aromatic rings. The highest BCUT2D eigenvalue weighted by atomic mass is 35.5. The zero-order valence-electron chi connectivity index (χ0n) is 18.0. The molecule has 162 valence electrons. The van der Waals surface area contributed by atoms with Gasteiger partial charge in [-0.3, -0.25) is 9.69 Å². The molecule has 0 bridgehead atoms. The predicted octanol–water partition coefficient (Wildman–Crippen LogP) is 4.66. The third-order valence-electron chi connectivity index (χ3n) is 5.29. The third kappa shape index (κ3) is 6.13. The van der Waals surface area contributed by atoms with E-state index >= 15 is 0 Å². The van der Waals surface area contributed by atoms with Gasteiger partial charge in [-0.05, 0) is 62.6 Å². The first-order chi connectivity index (χ1) is 14.5. The summed E-state index contributed by atoms with van der Waals surface area (Å²) < 4.78 is 11.2. The number of amides is 1. The number of hydrogen-bond donors (Lipinski definition) is 1. The van der Waals surface area contributed by atoms with Crippen LogP contribution in [0.15, 0.2) is 42.5 Å². The molecule has 0 aromatic heterocycles. The van der Waals surface area contributed by atoms with Gasteiger partial charge in [0.2, 0.25) is 5.91 Å². The number of nitrogens with one attached hydrogen (secondary N) is 1. The molecule has 1 aliphatic rings. The minimum atomic E-state index is -0.00770. The van der Waals surface area contributed by atoms with Crippen LogP contribution in [0.25, 0.3) is 0 Å². The van der Waals surface area contributed by atoms with Gasteiger partial charge in [0.25, 0.3) is 0 Å². The molecule has 2 aromatic carbocycles. The second-order valence-electron chi connectivity index (χ2n) is 8.04. The van der Waals surface area contributed by atoms with Crippen LogP contribution < -0.4 is 14.8 Å². The van der Waals surface area contributed by atoms with E-state index in [1.807, 2.05) is 56.3 Å². The summed E-state index contributed by atoms with van der Waals surface area (Å²) in [6, 6.07) is 13.7. The van der Waals surface area contributed by atoms with E-state index in [-0.39, 0.29) is 17.9 Å². The van der Waals surface area contributed by atoms with E-state index in [1.165, 1.54) is 0 Å². The van der Waals surface area contributed by atoms with Crippen molar-refractivity contribution in [2.45, 2.75) is 45.9 Å². The number of carbonyl (C=O) groups excluding carboxylic acids is 1. The van der Waals surface area contributed by atoms with Crippen LogP contribution in [0.2, 0.25) is 5.02 Å². The summed E-state index contributed by atoms with van der Waals surface area (Å²) in [7, 11) is 1.63. The van der Waals surface area contributed by atoms with Crippen LogP contribution in [0.1, 0.15) is 37.8 Å². The quantitative estimate of drug-likeness (QED) is 0.661. The number of rotatable bonds is 8. The average Bonchev–Trinajstić information content (AvgIpc) is 2.74. The molecule has 1 N–H and O–H groups in total. The molecule has 0 saturated carbocycles. The van der Waals surface area contributed by atoms with Crippen molar-refractivity contribution in [3.63, 3.8) is 0 Å². The predicted molar refractivity (Wildman–Crippen MR) is 120 cm³/mol. The number of methoxy groups -OCH3 is 1. The Labute approximate surface area is 184 Å². The maximum absolute atomic E-state index is 12.8. The van der Waals surface area contributed by atoms with Gasteiger partial charge in [-0.2, -0.15) is 0 Å². The monoisotopic (exact) mass is 430 g/mol. The van der Waals surface area contributed by atoms with Crippen molar-refractivity contribution in [3.8, 4) is 11.5 Å². The summed E-state index contributed by atoms with van der Waals surface area (Å²) in [4.78, 5) is 15.1. The molecule has 1 fully saturated rings. The fourth-order valence-corrected chi connectivity index (χ4v) is 3.98. The molecular formula is C24H31ClN2O3. The van der Waals surface area contributed by atoms with Gasteiger partial charge in [0, 0.05) is 24.7 Å². The van der Waals surface area contributed by atoms with E-state index in [0.717, 1.165) is 48.6 Å². The van der Waals surface area contributed by atoms with Gasteiger partial charge in [0.05, 0.1) is 19.1 Å². The Hall–Kier alpha value is -2.24. The van der Waals surface area contributed by atoms with Crippen LogP contribution in [0.4, 0.5) is 0 Å². The van der Waals surface area contributed by atoms with Crippen LogP contribution in [0.5, 0.6) is 11.5 Å². The number of likely N-dealkylation sites (tertiary alicyclic amines) is 1. The third-order valence-corrected chi connectivity index (χ3v) is 5.65. The lowest BCUT2D eigenvalue weighted by Gasteiger charge is -2.32. The molecule has 1 aliphatic heterocycles. The standard InChI is InChI=1S/C24H31ClN2O3/c1-17(2)30-22-11-10-18(13-23(22)29-3)14-26-24(28)20-8-6-12-27(16-20)15-19-7-4-5-9-21(19)25/h4-5,7,9-11,13,17,20H,6,8,12,14-16H2,1-3H3,(H,26,28). The van der Waals surface area contributed by atoms with Crippen LogP contribution in [0, 0.1) is 5.92 Å². The lowest BCUT2D eigenvalue weighted by atomic mass is 9.96. The van der Waals surface area contributed by atoms with Crippen molar-refractivity contribution in [2.75, 3.05) is 20.2 Å². The Bertz CT molecular complexity index is 856. The van der Waals surface area contributed by atoms with Crippen LogP contribution in [-0.2, 0) is 17.9 Å². The Kier molecular flexibility index (Phi) is 8.00. The number of carbonyl (C=O) groups is 1. The van der Waals surface area contributed by atoms with E-state index in [9.17, 15) is 4.79 Å². The highest BCUT2D eigenvalue weighted by Gasteiger charge is 2.26. The largest absolute Gasteiger partial charge is 0.493 e. The second kappa shape index (κ2) is 10.7. The highest BCUT2D eigenvalue weighted by molar-refractivity contribution is 6.31. The summed E-state index contributed by atoms with van der Waals surface area (Å²) in [5.74, 6) is 1.48. The van der Waals surface area contributed by atoms with E-state index in [0.29, 0.717) is 18.0 Å². The topological polar surface area (TPSA) is 50.8 Å². The van der Waals surface area contributed by atoms with E-state index < -0.39 is 0 Å². The summed E-state index contributed by atoms with van der Waals surface area (Å²) in [6.07, 6.45) is 2.00. The van der Waals surface area contributed by atoms with Gasteiger partial charge >= 0.3 is 0 Å². The SMILES string of the molecule is COc1cc(CNC(=O)C2CCCN(Cc3ccccc3Cl)C2)ccc1OC(C)C.